The van der Waals surface area contributed by atoms with E-state index in [9.17, 15) is 29.1 Å². The van der Waals surface area contributed by atoms with Gasteiger partial charge in [0.15, 0.2) is 0 Å². The lowest BCUT2D eigenvalue weighted by Gasteiger charge is -2.28. The molecule has 0 aliphatic heterocycles. The summed E-state index contributed by atoms with van der Waals surface area (Å²) in [5.74, 6) is -4.18. The summed E-state index contributed by atoms with van der Waals surface area (Å²) >= 11 is 0. The van der Waals surface area contributed by atoms with Crippen LogP contribution < -0.4 is 27.4 Å². The number of amides is 4. The average molecular weight is 472 g/mol. The van der Waals surface area contributed by atoms with Gasteiger partial charge in [-0.05, 0) is 30.6 Å². The van der Waals surface area contributed by atoms with Crippen molar-refractivity contribution in [2.45, 2.75) is 91.4 Å². The molecule has 0 heterocycles. The lowest BCUT2D eigenvalue weighted by atomic mass is 9.97. The van der Waals surface area contributed by atoms with Crippen molar-refractivity contribution in [1.82, 2.24) is 16.0 Å². The van der Waals surface area contributed by atoms with E-state index >= 15 is 0 Å². The van der Waals surface area contributed by atoms with Crippen molar-refractivity contribution in [3.63, 3.8) is 0 Å². The third kappa shape index (κ3) is 11.1. The Hall–Kier alpha value is -2.69. The molecule has 11 nitrogen and oxygen atoms in total. The van der Waals surface area contributed by atoms with Crippen molar-refractivity contribution in [2.24, 2.45) is 29.2 Å². The Bertz CT molecular complexity index is 697. The van der Waals surface area contributed by atoms with E-state index in [1.54, 1.807) is 13.8 Å². The molecule has 0 aromatic heterocycles. The molecule has 8 N–H and O–H groups in total. The van der Waals surface area contributed by atoms with Crippen LogP contribution in [0.3, 0.4) is 0 Å². The van der Waals surface area contributed by atoms with E-state index in [-0.39, 0.29) is 37.0 Å². The predicted molar refractivity (Wildman–Crippen MR) is 124 cm³/mol. The molecule has 0 radical (unpaired) electrons. The highest BCUT2D eigenvalue weighted by Gasteiger charge is 2.32. The maximum atomic E-state index is 13.0. The van der Waals surface area contributed by atoms with Gasteiger partial charge in [-0.3, -0.25) is 19.2 Å². The molecule has 5 unspecified atom stereocenters. The number of carbonyl (C=O) groups is 5. The molecular weight excluding hydrogens is 430 g/mol. The number of carboxylic acid groups (broad SMARTS) is 1. The molecule has 11 heteroatoms. The number of carbonyl (C=O) groups excluding carboxylic acids is 4. The van der Waals surface area contributed by atoms with Crippen LogP contribution in [0.4, 0.5) is 0 Å². The van der Waals surface area contributed by atoms with Gasteiger partial charge in [-0.2, -0.15) is 0 Å². The maximum Gasteiger partial charge on any atom is 0.326 e. The van der Waals surface area contributed by atoms with Gasteiger partial charge >= 0.3 is 5.97 Å². The minimum Gasteiger partial charge on any atom is -0.480 e. The zero-order chi connectivity index (χ0) is 25.9. The van der Waals surface area contributed by atoms with E-state index in [0.717, 1.165) is 0 Å². The summed E-state index contributed by atoms with van der Waals surface area (Å²) in [6.07, 6.45) is 0.559. The number of aliphatic carboxylic acids is 1. The number of hydrogen-bond acceptors (Lipinski definition) is 6. The highest BCUT2D eigenvalue weighted by Crippen LogP contribution is 2.10. The third-order valence-electron chi connectivity index (χ3n) is 5.44. The van der Waals surface area contributed by atoms with Crippen molar-refractivity contribution >= 4 is 29.6 Å². The van der Waals surface area contributed by atoms with E-state index in [1.165, 1.54) is 0 Å². The Balaban J connectivity index is 5.54. The van der Waals surface area contributed by atoms with Gasteiger partial charge in [0.05, 0.1) is 6.04 Å². The third-order valence-corrected chi connectivity index (χ3v) is 5.44. The molecule has 33 heavy (non-hydrogen) atoms. The van der Waals surface area contributed by atoms with Gasteiger partial charge in [0, 0.05) is 6.42 Å². The fourth-order valence-corrected chi connectivity index (χ4v) is 3.08. The van der Waals surface area contributed by atoms with Gasteiger partial charge in [-0.15, -0.1) is 0 Å². The summed E-state index contributed by atoms with van der Waals surface area (Å²) in [5, 5.41) is 17.0. The predicted octanol–water partition coefficient (Wildman–Crippen LogP) is -0.134. The molecule has 0 bridgehead atoms. The number of primary amides is 1. The Morgan fingerprint density at radius 2 is 1.39 bits per heavy atom. The number of rotatable bonds is 15. The summed E-state index contributed by atoms with van der Waals surface area (Å²) in [5.41, 5.74) is 11.1. The Labute approximate surface area is 195 Å². The van der Waals surface area contributed by atoms with Gasteiger partial charge in [0.25, 0.3) is 0 Å². The second-order valence-corrected chi connectivity index (χ2v) is 9.24. The van der Waals surface area contributed by atoms with Crippen molar-refractivity contribution in [1.29, 1.82) is 0 Å². The Kier molecular flexibility index (Phi) is 13.3. The first kappa shape index (κ1) is 30.3. The van der Waals surface area contributed by atoms with Crippen LogP contribution in [0.5, 0.6) is 0 Å². The monoisotopic (exact) mass is 471 g/mol. The zero-order valence-corrected chi connectivity index (χ0v) is 20.5. The minimum absolute atomic E-state index is 0.000292. The topological polar surface area (TPSA) is 194 Å². The minimum atomic E-state index is -1.21. The summed E-state index contributed by atoms with van der Waals surface area (Å²) < 4.78 is 0. The Morgan fingerprint density at radius 1 is 0.848 bits per heavy atom. The van der Waals surface area contributed by atoms with Gasteiger partial charge in [-0.1, -0.05) is 48.0 Å². The molecule has 0 aromatic rings. The summed E-state index contributed by atoms with van der Waals surface area (Å²) in [6, 6.07) is -4.15. The quantitative estimate of drug-likeness (QED) is 0.191. The molecule has 0 saturated carbocycles. The highest BCUT2D eigenvalue weighted by atomic mass is 16.4. The van der Waals surface area contributed by atoms with Crippen LogP contribution in [0.1, 0.15) is 67.2 Å². The second-order valence-electron chi connectivity index (χ2n) is 9.24. The number of carboxylic acids is 1. The smallest absolute Gasteiger partial charge is 0.326 e. The molecule has 5 atom stereocenters. The molecule has 0 aliphatic rings. The fraction of sp³-hybridized carbons (Fsp3) is 0.773. The molecule has 0 rings (SSSR count). The molecule has 0 spiro atoms. The largest absolute Gasteiger partial charge is 0.480 e. The number of hydrogen-bond donors (Lipinski definition) is 6. The van der Waals surface area contributed by atoms with Crippen molar-refractivity contribution in [3.05, 3.63) is 0 Å². The molecule has 0 fully saturated rings. The van der Waals surface area contributed by atoms with Gasteiger partial charge in [0.1, 0.15) is 18.1 Å². The first-order valence-corrected chi connectivity index (χ1v) is 11.4. The van der Waals surface area contributed by atoms with E-state index in [4.69, 9.17) is 11.5 Å². The molecule has 0 aromatic carbocycles. The van der Waals surface area contributed by atoms with E-state index < -0.39 is 53.8 Å². The van der Waals surface area contributed by atoms with Crippen LogP contribution in [-0.2, 0) is 24.0 Å². The van der Waals surface area contributed by atoms with Crippen LogP contribution in [0.25, 0.3) is 0 Å². The molecule has 4 amide bonds. The van der Waals surface area contributed by atoms with Gasteiger partial charge in [-0.25, -0.2) is 4.79 Å². The van der Waals surface area contributed by atoms with E-state index in [0.29, 0.717) is 6.42 Å². The molecule has 0 aliphatic carbocycles. The molecular formula is C22H41N5O6. The normalized spacial score (nSPS) is 15.8. The SMILES string of the molecule is CCC(C)C(N)C(=O)NC(C(=O)NC(CCC(N)=O)C(=O)NC(CC(C)C)C(=O)O)C(C)C. The van der Waals surface area contributed by atoms with Crippen LogP contribution in [0.2, 0.25) is 0 Å². The van der Waals surface area contributed by atoms with Crippen LogP contribution in [-0.4, -0.2) is 58.9 Å². The van der Waals surface area contributed by atoms with Gasteiger partial charge in [0.2, 0.25) is 23.6 Å². The molecule has 190 valence electrons. The van der Waals surface area contributed by atoms with Crippen molar-refractivity contribution in [3.8, 4) is 0 Å². The summed E-state index contributed by atoms with van der Waals surface area (Å²) in [6.45, 7) is 10.8. The second kappa shape index (κ2) is 14.5. The van der Waals surface area contributed by atoms with E-state index in [2.05, 4.69) is 16.0 Å². The number of nitrogens with one attached hydrogen (secondary N) is 3. The maximum absolute atomic E-state index is 13.0. The lowest BCUT2D eigenvalue weighted by molar-refractivity contribution is -0.143. The standard InChI is InChI=1S/C22H41N5O6/c1-7-13(6)17(24)20(30)27-18(12(4)5)21(31)25-14(8-9-16(23)28)19(29)26-15(22(32)33)10-11(2)3/h11-15,17-18H,7-10,24H2,1-6H3,(H2,23,28)(H,25,31)(H,26,29)(H,27,30)(H,32,33). The van der Waals surface area contributed by atoms with Crippen LogP contribution in [0, 0.1) is 17.8 Å². The Morgan fingerprint density at radius 3 is 1.82 bits per heavy atom. The lowest BCUT2D eigenvalue weighted by Crippen LogP contribution is -2.59. The van der Waals surface area contributed by atoms with E-state index in [1.807, 2.05) is 27.7 Å². The fourth-order valence-electron chi connectivity index (χ4n) is 3.08. The summed E-state index contributed by atoms with van der Waals surface area (Å²) in [7, 11) is 0. The van der Waals surface area contributed by atoms with Crippen LogP contribution >= 0.6 is 0 Å². The first-order chi connectivity index (χ1) is 15.2. The van der Waals surface area contributed by atoms with Gasteiger partial charge < -0.3 is 32.5 Å². The molecule has 0 saturated heterocycles. The average Bonchev–Trinajstić information content (AvgIpc) is 2.71. The number of nitrogens with two attached hydrogens (primary N) is 2. The van der Waals surface area contributed by atoms with Crippen molar-refractivity contribution in [2.75, 3.05) is 0 Å². The van der Waals surface area contributed by atoms with Crippen molar-refractivity contribution < 1.29 is 29.1 Å². The summed E-state index contributed by atoms with van der Waals surface area (Å²) in [4.78, 5) is 61.0. The zero-order valence-electron chi connectivity index (χ0n) is 20.5. The first-order valence-electron chi connectivity index (χ1n) is 11.4. The highest BCUT2D eigenvalue weighted by molar-refractivity contribution is 5.94. The van der Waals surface area contributed by atoms with Crippen LogP contribution in [0.15, 0.2) is 0 Å².